The minimum atomic E-state index is -0.733. The second-order valence-corrected chi connectivity index (χ2v) is 6.22. The fourth-order valence-corrected chi connectivity index (χ4v) is 3.03. The van der Waals surface area contributed by atoms with Crippen LogP contribution in [0.1, 0.15) is 48.5 Å². The van der Waals surface area contributed by atoms with Crippen LogP contribution >= 0.6 is 0 Å². The molecule has 1 aromatic rings. The van der Waals surface area contributed by atoms with Gasteiger partial charge in [-0.25, -0.2) is 4.79 Å². The number of amides is 1. The molecule has 24 heavy (non-hydrogen) atoms. The molecule has 1 aliphatic carbocycles. The summed E-state index contributed by atoms with van der Waals surface area (Å²) >= 11 is 0. The zero-order valence-electron chi connectivity index (χ0n) is 13.9. The number of nitro benzene ring substituents is 1. The third-order valence-corrected chi connectivity index (χ3v) is 4.51. The van der Waals surface area contributed by atoms with Gasteiger partial charge in [0.05, 0.1) is 10.5 Å². The van der Waals surface area contributed by atoms with E-state index in [1.807, 2.05) is 0 Å². The van der Waals surface area contributed by atoms with Crippen LogP contribution in [0.5, 0.6) is 0 Å². The van der Waals surface area contributed by atoms with Crippen molar-refractivity contribution in [1.29, 1.82) is 0 Å². The molecule has 130 valence electrons. The summed E-state index contributed by atoms with van der Waals surface area (Å²) in [5, 5.41) is 13.8. The van der Waals surface area contributed by atoms with Crippen LogP contribution in [0, 0.1) is 23.0 Å². The van der Waals surface area contributed by atoms with E-state index in [9.17, 15) is 19.7 Å². The van der Waals surface area contributed by atoms with Crippen LogP contribution in [0.2, 0.25) is 0 Å². The van der Waals surface area contributed by atoms with Crippen LogP contribution in [0.4, 0.5) is 5.69 Å². The summed E-state index contributed by atoms with van der Waals surface area (Å²) in [5.41, 5.74) is 0.182. The minimum Gasteiger partial charge on any atom is -0.452 e. The maximum absolute atomic E-state index is 12.1. The normalized spacial score (nSPS) is 20.2. The largest absolute Gasteiger partial charge is 0.452 e. The highest BCUT2D eigenvalue weighted by Crippen LogP contribution is 2.24. The molecule has 0 aromatic heterocycles. The van der Waals surface area contributed by atoms with Crippen LogP contribution in [-0.2, 0) is 9.53 Å². The van der Waals surface area contributed by atoms with Gasteiger partial charge < -0.3 is 10.1 Å². The molecule has 7 nitrogen and oxygen atoms in total. The van der Waals surface area contributed by atoms with E-state index in [0.717, 1.165) is 19.3 Å². The highest BCUT2D eigenvalue weighted by molar-refractivity contribution is 5.93. The maximum atomic E-state index is 12.1. The predicted octanol–water partition coefficient (Wildman–Crippen LogP) is 2.75. The highest BCUT2D eigenvalue weighted by Gasteiger charge is 2.24. The molecule has 1 aliphatic rings. The Balaban J connectivity index is 1.92. The van der Waals surface area contributed by atoms with E-state index >= 15 is 0 Å². The third-order valence-electron chi connectivity index (χ3n) is 4.51. The fraction of sp³-hybridized carbons (Fsp3) is 0.529. The SMILES string of the molecule is Cc1c(C(=O)OCC(=O)N[C@H]2CCCC[C@H]2C)cccc1[N+](=O)[O-]. The average Bonchev–Trinajstić information content (AvgIpc) is 2.54. The molecule has 2 rings (SSSR count). The number of nitro groups is 1. The molecule has 0 bridgehead atoms. The van der Waals surface area contributed by atoms with Crippen molar-refractivity contribution in [3.63, 3.8) is 0 Å². The van der Waals surface area contributed by atoms with Crippen molar-refractivity contribution in [2.24, 2.45) is 5.92 Å². The Labute approximate surface area is 140 Å². The lowest BCUT2D eigenvalue weighted by Crippen LogP contribution is -2.42. The van der Waals surface area contributed by atoms with Crippen molar-refractivity contribution in [2.45, 2.75) is 45.6 Å². The summed E-state index contributed by atoms with van der Waals surface area (Å²) in [6, 6.07) is 4.31. The van der Waals surface area contributed by atoms with Crippen molar-refractivity contribution in [1.82, 2.24) is 5.32 Å². The number of esters is 1. The Morgan fingerprint density at radius 2 is 2.04 bits per heavy atom. The van der Waals surface area contributed by atoms with Crippen molar-refractivity contribution in [3.05, 3.63) is 39.4 Å². The van der Waals surface area contributed by atoms with E-state index in [-0.39, 0.29) is 35.4 Å². The summed E-state index contributed by atoms with van der Waals surface area (Å²) in [6.07, 6.45) is 4.28. The average molecular weight is 334 g/mol. The molecule has 1 amide bonds. The first-order valence-electron chi connectivity index (χ1n) is 8.10. The zero-order valence-corrected chi connectivity index (χ0v) is 13.9. The van der Waals surface area contributed by atoms with Crippen LogP contribution in [-0.4, -0.2) is 29.4 Å². The number of hydrogen-bond acceptors (Lipinski definition) is 5. The molecule has 0 radical (unpaired) electrons. The van der Waals surface area contributed by atoms with Gasteiger partial charge in [0.2, 0.25) is 0 Å². The molecular formula is C17H22N2O5. The monoisotopic (exact) mass is 334 g/mol. The van der Waals surface area contributed by atoms with Crippen LogP contribution in [0.25, 0.3) is 0 Å². The topological polar surface area (TPSA) is 98.5 Å². The van der Waals surface area contributed by atoms with Gasteiger partial charge in [0, 0.05) is 17.7 Å². The molecule has 0 spiro atoms. The number of ether oxygens (including phenoxy) is 1. The first-order chi connectivity index (χ1) is 11.4. The summed E-state index contributed by atoms with van der Waals surface area (Å²) in [5.74, 6) is -0.661. The van der Waals surface area contributed by atoms with E-state index in [0.29, 0.717) is 5.92 Å². The summed E-state index contributed by atoms with van der Waals surface area (Å²) in [7, 11) is 0. The van der Waals surface area contributed by atoms with Crippen molar-refractivity contribution in [3.8, 4) is 0 Å². The quantitative estimate of drug-likeness (QED) is 0.507. The maximum Gasteiger partial charge on any atom is 0.339 e. The lowest BCUT2D eigenvalue weighted by molar-refractivity contribution is -0.385. The molecule has 7 heteroatoms. The number of carbonyl (C=O) groups is 2. The second kappa shape index (κ2) is 7.90. The van der Waals surface area contributed by atoms with Crippen molar-refractivity contribution < 1.29 is 19.2 Å². The van der Waals surface area contributed by atoms with Gasteiger partial charge in [0.15, 0.2) is 6.61 Å². The molecule has 1 fully saturated rings. The first kappa shape index (κ1) is 17.9. The third kappa shape index (κ3) is 4.31. The summed E-state index contributed by atoms with van der Waals surface area (Å²) < 4.78 is 5.01. The Morgan fingerprint density at radius 1 is 1.33 bits per heavy atom. The number of carbonyl (C=O) groups excluding carboxylic acids is 2. The smallest absolute Gasteiger partial charge is 0.339 e. The molecule has 0 heterocycles. The van der Waals surface area contributed by atoms with Gasteiger partial charge in [-0.1, -0.05) is 25.8 Å². The van der Waals surface area contributed by atoms with Gasteiger partial charge in [-0.2, -0.15) is 0 Å². The molecule has 1 aromatic carbocycles. The zero-order chi connectivity index (χ0) is 17.7. The Hall–Kier alpha value is -2.44. The molecule has 0 saturated heterocycles. The van der Waals surface area contributed by atoms with Crippen molar-refractivity contribution in [2.75, 3.05) is 6.61 Å². The number of nitrogens with zero attached hydrogens (tertiary/aromatic N) is 1. The van der Waals surface area contributed by atoms with Gasteiger partial charge in [-0.05, 0) is 31.7 Å². The Kier molecular flexibility index (Phi) is 5.89. The summed E-state index contributed by atoms with van der Waals surface area (Å²) in [4.78, 5) is 34.4. The lowest BCUT2D eigenvalue weighted by atomic mass is 9.86. The van der Waals surface area contributed by atoms with E-state index in [1.165, 1.54) is 31.5 Å². The number of hydrogen-bond donors (Lipinski definition) is 1. The van der Waals surface area contributed by atoms with Gasteiger partial charge >= 0.3 is 5.97 Å². The number of rotatable bonds is 5. The second-order valence-electron chi connectivity index (χ2n) is 6.22. The number of nitrogens with one attached hydrogen (secondary N) is 1. The first-order valence-corrected chi connectivity index (χ1v) is 8.10. The summed E-state index contributed by atoms with van der Waals surface area (Å²) in [6.45, 7) is 3.20. The van der Waals surface area contributed by atoms with Gasteiger partial charge in [-0.3, -0.25) is 14.9 Å². The Bertz CT molecular complexity index is 644. The van der Waals surface area contributed by atoms with E-state index in [4.69, 9.17) is 4.74 Å². The Morgan fingerprint density at radius 3 is 2.71 bits per heavy atom. The number of benzene rings is 1. The highest BCUT2D eigenvalue weighted by atomic mass is 16.6. The van der Waals surface area contributed by atoms with E-state index in [1.54, 1.807) is 0 Å². The van der Waals surface area contributed by atoms with Crippen LogP contribution in [0.3, 0.4) is 0 Å². The minimum absolute atomic E-state index is 0.100. The van der Waals surface area contributed by atoms with E-state index in [2.05, 4.69) is 12.2 Å². The molecule has 1 N–H and O–H groups in total. The van der Waals surface area contributed by atoms with Crippen molar-refractivity contribution >= 4 is 17.6 Å². The molecule has 1 saturated carbocycles. The molecule has 0 aliphatic heterocycles. The standard InChI is InChI=1S/C17H22N2O5/c1-11-6-3-4-8-14(11)18-16(20)10-24-17(21)13-7-5-9-15(12(13)2)19(22)23/h5,7,9,11,14H,3-4,6,8,10H2,1-2H3,(H,18,20)/t11-,14+/m1/s1. The lowest BCUT2D eigenvalue weighted by Gasteiger charge is -2.29. The molecule has 0 unspecified atom stereocenters. The van der Waals surface area contributed by atoms with E-state index < -0.39 is 10.9 Å². The van der Waals surface area contributed by atoms with Crippen LogP contribution in [0.15, 0.2) is 18.2 Å². The molecular weight excluding hydrogens is 312 g/mol. The van der Waals surface area contributed by atoms with Crippen LogP contribution < -0.4 is 5.32 Å². The van der Waals surface area contributed by atoms with Gasteiger partial charge in [-0.15, -0.1) is 0 Å². The fourth-order valence-electron chi connectivity index (χ4n) is 3.03. The van der Waals surface area contributed by atoms with Gasteiger partial charge in [0.1, 0.15) is 0 Å². The molecule has 2 atom stereocenters. The predicted molar refractivity (Wildman–Crippen MR) is 87.7 cm³/mol. The van der Waals surface area contributed by atoms with Gasteiger partial charge in [0.25, 0.3) is 11.6 Å².